The molecule has 0 fully saturated rings. The molecule has 0 saturated carbocycles. The Kier molecular flexibility index (Phi) is 3770. The molecule has 0 aliphatic carbocycles. The Bertz CT molecular complexity index is 0. The van der Waals surface area contributed by atoms with Crippen molar-refractivity contribution in [1.29, 1.82) is 0 Å². The summed E-state index contributed by atoms with van der Waals surface area (Å²) in [7, 11) is 0. The van der Waals surface area contributed by atoms with Crippen molar-refractivity contribution < 1.29 is 594 Å². The van der Waals surface area contributed by atoms with E-state index in [0.29, 0.717) is 0 Å². The molecule has 0 rings (SSSR count). The average Bonchev–Trinajstić information content (AvgIpc) is 0. The average molecular weight is 1630 g/mol. The summed E-state index contributed by atoms with van der Waals surface area (Å²) >= 11 is 0. The van der Waals surface area contributed by atoms with Gasteiger partial charge >= 0.3 is 0 Å². The van der Waals surface area contributed by atoms with Crippen LogP contribution >= 0.6 is 0 Å². The normalized spacial score (nSPS) is 0. The standard InChI is InChI=1S/32V. The van der Waals surface area contributed by atoms with Crippen LogP contribution in [0, 0.1) is 0 Å². The second kappa shape index (κ2) is 337. The van der Waals surface area contributed by atoms with Crippen molar-refractivity contribution in [2.75, 3.05) is 0 Å². The molecule has 0 aliphatic rings. The molecule has 0 aromatic carbocycles. The molecule has 32 radical (unpaired) electrons. The Labute approximate surface area is 578 Å². The predicted molar refractivity (Wildman–Crippen MR) is 0 cm³/mol. The molecule has 0 amide bonds. The summed E-state index contributed by atoms with van der Waals surface area (Å²) in [6, 6.07) is 0. The van der Waals surface area contributed by atoms with Crippen LogP contribution in [0.4, 0.5) is 0 Å². The molecule has 0 nitrogen and oxygen atoms in total. The Hall–Kier alpha value is 18.7. The maximum Gasteiger partial charge on any atom is 0 e. The summed E-state index contributed by atoms with van der Waals surface area (Å²) in [6.07, 6.45) is 0. The first-order chi connectivity index (χ1) is 0. The Morgan fingerprint density at radius 3 is 0.0312 bits per heavy atom. The van der Waals surface area contributed by atoms with E-state index in [4.69, 9.17) is 0 Å². The summed E-state index contributed by atoms with van der Waals surface area (Å²) in [6.45, 7) is 0. The van der Waals surface area contributed by atoms with Crippen LogP contribution in [0.3, 0.4) is 0 Å². The van der Waals surface area contributed by atoms with Gasteiger partial charge in [0.25, 0.3) is 0 Å². The molecule has 0 heterocycles. The van der Waals surface area contributed by atoms with Crippen LogP contribution in [-0.4, -0.2) is 0 Å². The van der Waals surface area contributed by atoms with Gasteiger partial charge in [0.15, 0.2) is 0 Å². The van der Waals surface area contributed by atoms with Crippen molar-refractivity contribution >= 4 is 0 Å². The van der Waals surface area contributed by atoms with E-state index in [1.807, 2.05) is 0 Å². The van der Waals surface area contributed by atoms with Crippen molar-refractivity contribution in [3.8, 4) is 0 Å². The fourth-order valence-corrected chi connectivity index (χ4v) is 0. The van der Waals surface area contributed by atoms with Gasteiger partial charge in [-0.1, -0.05) is 0 Å². The van der Waals surface area contributed by atoms with Crippen LogP contribution in [0.5, 0.6) is 0 Å². The third kappa shape index (κ3) is 317. The van der Waals surface area contributed by atoms with Crippen molar-refractivity contribution in [3.05, 3.63) is 0 Å². The Balaban J connectivity index is 0. The molecule has 0 atom stereocenters. The summed E-state index contributed by atoms with van der Waals surface area (Å²) in [5.41, 5.74) is 0. The molecule has 0 spiro atoms. The molecule has 160 valence electrons. The summed E-state index contributed by atoms with van der Waals surface area (Å²) in [4.78, 5) is 0. The fraction of sp³-hybridized carbons (Fsp3) is 0. The topological polar surface area (TPSA) is 0 Å². The maximum atomic E-state index is 0. The first kappa shape index (κ1) is 358. The van der Waals surface area contributed by atoms with Gasteiger partial charge in [0, 0.05) is 594 Å². The van der Waals surface area contributed by atoms with Crippen molar-refractivity contribution in [2.45, 2.75) is 0 Å². The van der Waals surface area contributed by atoms with Crippen LogP contribution in [0.15, 0.2) is 0 Å². The van der Waals surface area contributed by atoms with Gasteiger partial charge in [0.2, 0.25) is 0 Å². The quantitative estimate of drug-likeness (QED) is 0.319. The number of hydrogen-bond acceptors (Lipinski definition) is 0. The fourth-order valence-electron chi connectivity index (χ4n) is 0. The molecule has 0 aromatic heterocycles. The zero-order valence-corrected chi connectivity index (χ0v) is 59.0. The van der Waals surface area contributed by atoms with Crippen LogP contribution in [0.25, 0.3) is 0 Å². The van der Waals surface area contributed by atoms with Gasteiger partial charge in [-0.2, -0.15) is 0 Å². The van der Waals surface area contributed by atoms with Crippen molar-refractivity contribution in [1.82, 2.24) is 0 Å². The predicted octanol–water partition coefficient (Wildman–Crippen LogP) is -0.0800. The van der Waals surface area contributed by atoms with Crippen molar-refractivity contribution in [3.63, 3.8) is 0 Å². The molecule has 0 N–H and O–H groups in total. The Morgan fingerprint density at radius 2 is 0.0312 bits per heavy atom. The second-order valence-corrected chi connectivity index (χ2v) is 0. The second-order valence-electron chi connectivity index (χ2n) is 0. The molecule has 0 bridgehead atoms. The zero-order valence-electron chi connectivity index (χ0n) is 14.3. The third-order valence-electron chi connectivity index (χ3n) is 0. The van der Waals surface area contributed by atoms with E-state index in [-0.39, 0.29) is 594 Å². The van der Waals surface area contributed by atoms with Gasteiger partial charge in [-0.15, -0.1) is 0 Å². The first-order valence-corrected chi connectivity index (χ1v) is 0. The Morgan fingerprint density at radius 1 is 0.0312 bits per heavy atom. The van der Waals surface area contributed by atoms with E-state index in [0.717, 1.165) is 0 Å². The molecule has 32 heavy (non-hydrogen) atoms. The molecule has 0 aromatic rings. The maximum absolute atomic E-state index is 0. The zero-order chi connectivity index (χ0) is 0. The van der Waals surface area contributed by atoms with Crippen molar-refractivity contribution in [2.24, 2.45) is 0 Å². The van der Waals surface area contributed by atoms with Gasteiger partial charge in [-0.05, 0) is 0 Å². The summed E-state index contributed by atoms with van der Waals surface area (Å²) in [5, 5.41) is 0. The smallest absolute Gasteiger partial charge is 0 e. The molecular formula is V32. The molecule has 32 heteroatoms. The number of rotatable bonds is 0. The van der Waals surface area contributed by atoms with Crippen LogP contribution < -0.4 is 0 Å². The molecule has 0 saturated heterocycles. The van der Waals surface area contributed by atoms with Gasteiger partial charge < -0.3 is 0 Å². The van der Waals surface area contributed by atoms with Crippen LogP contribution in [0.1, 0.15) is 0 Å². The van der Waals surface area contributed by atoms with E-state index >= 15 is 0 Å². The molecule has 0 unspecified atom stereocenters. The first-order valence-electron chi connectivity index (χ1n) is 0. The van der Waals surface area contributed by atoms with Gasteiger partial charge in [-0.3, -0.25) is 0 Å². The third-order valence-corrected chi connectivity index (χ3v) is 0. The molecular weight excluding hydrogens is 1630 g/mol. The van der Waals surface area contributed by atoms with E-state index in [2.05, 4.69) is 0 Å². The monoisotopic (exact) mass is 1630 g/mol. The minimum absolute atomic E-state index is 0. The minimum atomic E-state index is 0. The minimum Gasteiger partial charge on any atom is 0 e. The summed E-state index contributed by atoms with van der Waals surface area (Å²) in [5.74, 6) is 0. The van der Waals surface area contributed by atoms with Crippen LogP contribution in [0.2, 0.25) is 0 Å². The van der Waals surface area contributed by atoms with Gasteiger partial charge in [-0.25, -0.2) is 0 Å². The summed E-state index contributed by atoms with van der Waals surface area (Å²) < 4.78 is 0. The molecule has 0 aliphatic heterocycles. The van der Waals surface area contributed by atoms with E-state index in [9.17, 15) is 0 Å². The van der Waals surface area contributed by atoms with E-state index in [1.54, 1.807) is 0 Å². The van der Waals surface area contributed by atoms with E-state index < -0.39 is 0 Å². The van der Waals surface area contributed by atoms with Gasteiger partial charge in [0.1, 0.15) is 0 Å². The van der Waals surface area contributed by atoms with Gasteiger partial charge in [0.05, 0.1) is 0 Å². The SMILES string of the molecule is [V].[V].[V].[V].[V].[V].[V].[V].[V].[V].[V].[V].[V].[V].[V].[V].[V].[V].[V].[V].[V].[V].[V].[V].[V].[V].[V].[V].[V].[V].[V].[V]. The van der Waals surface area contributed by atoms with E-state index in [1.165, 1.54) is 0 Å². The number of hydrogen-bond donors (Lipinski definition) is 0. The van der Waals surface area contributed by atoms with Crippen LogP contribution in [-0.2, 0) is 594 Å². The largest absolute Gasteiger partial charge is 0 e.